The van der Waals surface area contributed by atoms with E-state index in [1.54, 1.807) is 26.1 Å². The van der Waals surface area contributed by atoms with Gasteiger partial charge in [-0.05, 0) is 19.9 Å². The minimum absolute atomic E-state index is 0.0969. The van der Waals surface area contributed by atoms with E-state index < -0.39 is 31.0 Å². The Morgan fingerprint density at radius 1 is 1.00 bits per heavy atom. The highest BCUT2D eigenvalue weighted by Gasteiger charge is 2.34. The Bertz CT molecular complexity index is 1170. The van der Waals surface area contributed by atoms with E-state index in [2.05, 4.69) is 20.3 Å². The number of alkyl halides is 2. The summed E-state index contributed by atoms with van der Waals surface area (Å²) in [5.74, 6) is -0.0620. The van der Waals surface area contributed by atoms with Crippen LogP contribution in [-0.2, 0) is 4.57 Å². The van der Waals surface area contributed by atoms with E-state index in [9.17, 15) is 17.7 Å². The van der Waals surface area contributed by atoms with Crippen LogP contribution in [0.3, 0.4) is 0 Å². The van der Waals surface area contributed by atoms with Gasteiger partial charge in [0.15, 0.2) is 0 Å². The summed E-state index contributed by atoms with van der Waals surface area (Å²) >= 11 is 0. The molecule has 1 atom stereocenters. The summed E-state index contributed by atoms with van der Waals surface area (Å²) in [4.78, 5) is 13.3. The third-order valence-electron chi connectivity index (χ3n) is 5.69. The number of pyridine rings is 1. The molecule has 1 unspecified atom stereocenters. The van der Waals surface area contributed by atoms with Crippen LogP contribution in [0.15, 0.2) is 30.5 Å². The van der Waals surface area contributed by atoms with Gasteiger partial charge in [-0.3, -0.25) is 4.98 Å². The van der Waals surface area contributed by atoms with Crippen molar-refractivity contribution in [3.8, 4) is 0 Å². The highest BCUT2D eigenvalue weighted by Crippen LogP contribution is 2.53. The molecule has 5 nitrogen and oxygen atoms in total. The molecule has 0 radical (unpaired) electrons. The van der Waals surface area contributed by atoms with Gasteiger partial charge in [0.1, 0.15) is 30.0 Å². The molecule has 172 valence electrons. The molecule has 0 aliphatic carbocycles. The second kappa shape index (κ2) is 9.18. The van der Waals surface area contributed by atoms with Gasteiger partial charge in [0.05, 0.1) is 23.3 Å². The van der Waals surface area contributed by atoms with Crippen molar-refractivity contribution in [3.63, 3.8) is 0 Å². The van der Waals surface area contributed by atoms with Gasteiger partial charge < -0.3 is 9.88 Å². The van der Waals surface area contributed by atoms with Crippen molar-refractivity contribution in [1.29, 1.82) is 0 Å². The molecule has 0 saturated heterocycles. The predicted molar refractivity (Wildman–Crippen MR) is 123 cm³/mol. The van der Waals surface area contributed by atoms with Crippen molar-refractivity contribution < 1.29 is 17.7 Å². The lowest BCUT2D eigenvalue weighted by atomic mass is 10.0. The zero-order chi connectivity index (χ0) is 23.8. The van der Waals surface area contributed by atoms with E-state index >= 15 is 0 Å². The average molecular weight is 464 g/mol. The second-order valence-electron chi connectivity index (χ2n) is 8.49. The van der Waals surface area contributed by atoms with Crippen LogP contribution in [0.1, 0.15) is 64.0 Å². The molecule has 2 aromatic heterocycles. The molecule has 0 aliphatic heterocycles. The van der Waals surface area contributed by atoms with E-state index in [-0.39, 0.29) is 16.9 Å². The highest BCUT2D eigenvalue weighted by atomic mass is 31.2. The van der Waals surface area contributed by atoms with Crippen molar-refractivity contribution in [1.82, 2.24) is 15.0 Å². The molecule has 0 aliphatic rings. The van der Waals surface area contributed by atoms with Crippen molar-refractivity contribution >= 4 is 29.3 Å². The third-order valence-corrected chi connectivity index (χ3v) is 9.71. The van der Waals surface area contributed by atoms with Crippen LogP contribution in [-0.4, -0.2) is 26.3 Å². The zero-order valence-electron chi connectivity index (χ0n) is 19.0. The molecule has 0 bridgehead atoms. The molecule has 1 N–H and O–H groups in total. The van der Waals surface area contributed by atoms with Gasteiger partial charge in [0.2, 0.25) is 0 Å². The second-order valence-corrected chi connectivity index (χ2v) is 12.4. The topological polar surface area (TPSA) is 67.8 Å². The maximum Gasteiger partial charge on any atom is 0.266 e. The quantitative estimate of drug-likeness (QED) is 0.411. The summed E-state index contributed by atoms with van der Waals surface area (Å²) in [5.41, 5.74) is 0.319. The molecular weight excluding hydrogens is 436 g/mol. The molecule has 3 rings (SSSR count). The summed E-state index contributed by atoms with van der Waals surface area (Å²) in [6.45, 7) is 11.0. The van der Waals surface area contributed by atoms with Crippen LogP contribution in [0.25, 0.3) is 10.9 Å². The first-order chi connectivity index (χ1) is 15.0. The van der Waals surface area contributed by atoms with Crippen LogP contribution in [0, 0.1) is 12.7 Å². The molecular formula is C23H28F3N4OP. The van der Waals surface area contributed by atoms with E-state index in [4.69, 9.17) is 0 Å². The predicted octanol–water partition coefficient (Wildman–Crippen LogP) is 6.39. The number of aryl methyl sites for hydroxylation is 1. The number of halogens is 3. The van der Waals surface area contributed by atoms with Crippen LogP contribution in [0.5, 0.6) is 0 Å². The fourth-order valence-electron chi connectivity index (χ4n) is 3.92. The molecule has 0 spiro atoms. The monoisotopic (exact) mass is 464 g/mol. The van der Waals surface area contributed by atoms with Crippen LogP contribution >= 0.6 is 7.14 Å². The smallest absolute Gasteiger partial charge is 0.266 e. The number of anilines is 1. The minimum atomic E-state index is -2.90. The fraction of sp³-hybridized carbons (Fsp3) is 0.435. The number of hydrogen-bond acceptors (Lipinski definition) is 5. The van der Waals surface area contributed by atoms with Gasteiger partial charge in [-0.25, -0.2) is 23.1 Å². The molecule has 0 amide bonds. The number of rotatable bonds is 7. The van der Waals surface area contributed by atoms with E-state index in [1.165, 1.54) is 12.1 Å². The first-order valence-corrected chi connectivity index (χ1v) is 12.4. The van der Waals surface area contributed by atoms with Crippen LogP contribution in [0.4, 0.5) is 19.0 Å². The maximum absolute atomic E-state index is 14.7. The fourth-order valence-corrected chi connectivity index (χ4v) is 6.74. The summed E-state index contributed by atoms with van der Waals surface area (Å²) in [6.07, 6.45) is -1.33. The Morgan fingerprint density at radius 2 is 1.62 bits per heavy atom. The highest BCUT2D eigenvalue weighted by molar-refractivity contribution is 7.72. The number of aromatic nitrogens is 3. The summed E-state index contributed by atoms with van der Waals surface area (Å²) in [6, 6.07) is 5.04. The number of fused-ring (bicyclic) bond motifs is 1. The van der Waals surface area contributed by atoms with Crippen LogP contribution < -0.4 is 10.8 Å². The van der Waals surface area contributed by atoms with Gasteiger partial charge in [-0.2, -0.15) is 0 Å². The van der Waals surface area contributed by atoms with E-state index in [0.717, 1.165) is 6.07 Å². The van der Waals surface area contributed by atoms with Crippen molar-refractivity contribution in [2.24, 2.45) is 0 Å². The first-order valence-electron chi connectivity index (χ1n) is 10.5. The van der Waals surface area contributed by atoms with Gasteiger partial charge in [0, 0.05) is 22.3 Å². The Labute approximate surface area is 186 Å². The molecule has 2 heterocycles. The van der Waals surface area contributed by atoms with E-state index in [1.807, 2.05) is 27.7 Å². The van der Waals surface area contributed by atoms with Gasteiger partial charge in [-0.15, -0.1) is 0 Å². The van der Waals surface area contributed by atoms with E-state index in [0.29, 0.717) is 28.0 Å². The number of nitrogens with zero attached hydrogens (tertiary/aromatic N) is 3. The largest absolute Gasteiger partial charge is 0.363 e. The normalized spacial score (nSPS) is 13.4. The molecule has 0 fully saturated rings. The lowest BCUT2D eigenvalue weighted by Gasteiger charge is -2.26. The summed E-state index contributed by atoms with van der Waals surface area (Å²) in [5, 5.41) is 3.73. The third kappa shape index (κ3) is 4.38. The molecule has 0 saturated carbocycles. The molecule has 9 heteroatoms. The number of benzene rings is 1. The Morgan fingerprint density at radius 3 is 2.22 bits per heavy atom. The lowest BCUT2D eigenvalue weighted by molar-refractivity contribution is 0.146. The summed E-state index contributed by atoms with van der Waals surface area (Å²) in [7, 11) is -2.81. The zero-order valence-corrected chi connectivity index (χ0v) is 19.9. The molecule has 1 aromatic carbocycles. The molecule has 32 heavy (non-hydrogen) atoms. The maximum atomic E-state index is 14.7. The van der Waals surface area contributed by atoms with Gasteiger partial charge in [-0.1, -0.05) is 45.9 Å². The minimum Gasteiger partial charge on any atom is -0.363 e. The van der Waals surface area contributed by atoms with Crippen molar-refractivity contribution in [2.75, 3.05) is 5.32 Å². The Kier molecular flexibility index (Phi) is 6.94. The van der Waals surface area contributed by atoms with Gasteiger partial charge in [0.25, 0.3) is 6.43 Å². The van der Waals surface area contributed by atoms with Gasteiger partial charge >= 0.3 is 0 Å². The average Bonchev–Trinajstić information content (AvgIpc) is 2.72. The number of nitrogens with one attached hydrogen (secondary N) is 1. The van der Waals surface area contributed by atoms with Crippen molar-refractivity contribution in [2.45, 2.75) is 65.3 Å². The lowest BCUT2D eigenvalue weighted by Crippen LogP contribution is -2.22. The molecule has 3 aromatic rings. The standard InChI is InChI=1S/C23H28F3N4OP/c1-12(2)32(31,13(3)4)20-10-18-19(11-27-20)29-15(6)30-23(18)28-14(5)16-8-7-9-17(21(16)24)22(25)26/h7-14,22H,1-6H3,(H,28,29,30). The van der Waals surface area contributed by atoms with Crippen molar-refractivity contribution in [3.05, 3.63) is 53.2 Å². The summed E-state index contributed by atoms with van der Waals surface area (Å²) < 4.78 is 54.7. The van der Waals surface area contributed by atoms with Crippen LogP contribution in [0.2, 0.25) is 0 Å². The number of hydrogen-bond donors (Lipinski definition) is 1. The SMILES string of the molecule is Cc1nc(NC(C)c2cccc(C(F)F)c2F)c2cc(P(=O)(C(C)C)C(C)C)ncc2n1. The Balaban J connectivity index is 2.11. The Hall–Kier alpha value is -2.47. The first kappa shape index (κ1) is 24.2.